The van der Waals surface area contributed by atoms with E-state index in [2.05, 4.69) is 158 Å². The normalized spacial score (nSPS) is 11.5. The van der Waals surface area contributed by atoms with Gasteiger partial charge in [-0.1, -0.05) is 146 Å². The van der Waals surface area contributed by atoms with E-state index in [9.17, 15) is 0 Å². The van der Waals surface area contributed by atoms with Gasteiger partial charge >= 0.3 is 0 Å². The van der Waals surface area contributed by atoms with Crippen LogP contribution >= 0.6 is 0 Å². The van der Waals surface area contributed by atoms with E-state index >= 15 is 0 Å². The minimum atomic E-state index is 1.24. The van der Waals surface area contributed by atoms with Gasteiger partial charge in [0.1, 0.15) is 0 Å². The summed E-state index contributed by atoms with van der Waals surface area (Å²) in [5, 5.41) is 7.83. The molecule has 0 bridgehead atoms. The van der Waals surface area contributed by atoms with Crippen molar-refractivity contribution in [3.8, 4) is 44.5 Å². The van der Waals surface area contributed by atoms with Crippen LogP contribution in [0.2, 0.25) is 0 Å². The Bertz CT molecular complexity index is 1950. The topological polar surface area (TPSA) is 0 Å². The van der Waals surface area contributed by atoms with Crippen molar-refractivity contribution in [1.82, 2.24) is 0 Å². The van der Waals surface area contributed by atoms with E-state index in [0.29, 0.717) is 0 Å². The monoisotopic (exact) mass is 506 g/mol. The number of rotatable bonds is 4. The molecule has 8 aromatic carbocycles. The maximum absolute atomic E-state index is 2.40. The largest absolute Gasteiger partial charge is 0.0622 e. The van der Waals surface area contributed by atoms with Crippen LogP contribution in [0.1, 0.15) is 0 Å². The molecule has 8 rings (SSSR count). The van der Waals surface area contributed by atoms with Gasteiger partial charge in [0.05, 0.1) is 0 Å². The summed E-state index contributed by atoms with van der Waals surface area (Å²) in [6, 6.07) is 57.4. The number of benzene rings is 8. The quantitative estimate of drug-likeness (QED) is 0.208. The van der Waals surface area contributed by atoms with Crippen LogP contribution in [0, 0.1) is 0 Å². The zero-order valence-corrected chi connectivity index (χ0v) is 22.0. The minimum absolute atomic E-state index is 1.24. The van der Waals surface area contributed by atoms with E-state index in [-0.39, 0.29) is 0 Å². The molecule has 0 heteroatoms. The van der Waals surface area contributed by atoms with Crippen LogP contribution < -0.4 is 0 Å². The van der Waals surface area contributed by atoms with Gasteiger partial charge in [0.15, 0.2) is 0 Å². The molecular weight excluding hydrogens is 480 g/mol. The van der Waals surface area contributed by atoms with Crippen LogP contribution in [0.15, 0.2) is 158 Å². The van der Waals surface area contributed by atoms with Crippen LogP contribution in [-0.2, 0) is 0 Å². The van der Waals surface area contributed by atoms with E-state index < -0.39 is 0 Å². The zero-order valence-electron chi connectivity index (χ0n) is 22.0. The summed E-state index contributed by atoms with van der Waals surface area (Å²) in [4.78, 5) is 0. The number of hydrogen-bond acceptors (Lipinski definition) is 0. The van der Waals surface area contributed by atoms with Crippen molar-refractivity contribution < 1.29 is 0 Å². The second-order valence-electron chi connectivity index (χ2n) is 10.5. The lowest BCUT2D eigenvalue weighted by molar-refractivity contribution is 1.61. The van der Waals surface area contributed by atoms with E-state index in [0.717, 1.165) is 0 Å². The van der Waals surface area contributed by atoms with E-state index in [1.54, 1.807) is 0 Å². The van der Waals surface area contributed by atoms with E-state index in [1.165, 1.54) is 76.8 Å². The molecule has 0 heterocycles. The maximum atomic E-state index is 2.40. The highest BCUT2D eigenvalue weighted by molar-refractivity contribution is 6.30. The fourth-order valence-electron chi connectivity index (χ4n) is 6.47. The Labute approximate surface area is 234 Å². The fourth-order valence-corrected chi connectivity index (χ4v) is 6.47. The molecule has 0 radical (unpaired) electrons. The van der Waals surface area contributed by atoms with Crippen molar-refractivity contribution in [2.24, 2.45) is 0 Å². The summed E-state index contributed by atoms with van der Waals surface area (Å²) in [6.07, 6.45) is 0. The summed E-state index contributed by atoms with van der Waals surface area (Å²) in [7, 11) is 0. The lowest BCUT2D eigenvalue weighted by Crippen LogP contribution is -1.94. The van der Waals surface area contributed by atoms with Crippen molar-refractivity contribution in [3.63, 3.8) is 0 Å². The highest BCUT2D eigenvalue weighted by Gasteiger charge is 2.21. The molecule has 0 atom stereocenters. The highest BCUT2D eigenvalue weighted by atomic mass is 14.2. The van der Waals surface area contributed by atoms with Gasteiger partial charge in [0.2, 0.25) is 0 Å². The Morgan fingerprint density at radius 1 is 0.275 bits per heavy atom. The number of hydrogen-bond donors (Lipinski definition) is 0. The molecule has 8 aromatic rings. The highest BCUT2D eigenvalue weighted by Crippen LogP contribution is 2.48. The first-order chi connectivity index (χ1) is 19.9. The maximum Gasteiger partial charge on any atom is -0.00199 e. The molecule has 40 heavy (non-hydrogen) atoms. The van der Waals surface area contributed by atoms with Crippen LogP contribution in [0.25, 0.3) is 76.8 Å². The lowest BCUT2D eigenvalue weighted by Gasteiger charge is -2.21. The zero-order chi connectivity index (χ0) is 26.5. The molecule has 0 nitrogen and oxygen atoms in total. The summed E-state index contributed by atoms with van der Waals surface area (Å²) in [5.41, 5.74) is 10.1. The third kappa shape index (κ3) is 3.54. The molecule has 0 aliphatic heterocycles. The molecule has 0 unspecified atom stereocenters. The first-order valence-electron chi connectivity index (χ1n) is 13.9. The van der Waals surface area contributed by atoms with Gasteiger partial charge in [-0.05, 0) is 89.0 Å². The van der Waals surface area contributed by atoms with Gasteiger partial charge in [0.25, 0.3) is 0 Å². The average molecular weight is 507 g/mol. The fraction of sp³-hybridized carbons (Fsp3) is 0. The van der Waals surface area contributed by atoms with E-state index in [4.69, 9.17) is 0 Å². The van der Waals surface area contributed by atoms with Gasteiger partial charge in [-0.2, -0.15) is 0 Å². The molecule has 0 fully saturated rings. The molecule has 0 aliphatic carbocycles. The summed E-state index contributed by atoms with van der Waals surface area (Å²) >= 11 is 0. The van der Waals surface area contributed by atoms with Crippen LogP contribution in [0.3, 0.4) is 0 Å². The standard InChI is InChI=1S/C40H26/c1-5-13-27(14-6-1)35-25-31-21-22-32-26-36(28-15-7-2-8-16-28)38(30-19-11-4-12-20-30)34-24-23-33(39(31)40(32)34)37(35)29-17-9-3-10-18-29/h1-26H. The van der Waals surface area contributed by atoms with Gasteiger partial charge in [0, 0.05) is 0 Å². The SMILES string of the molecule is c1ccc(-c2cc3ccc4cc(-c5ccccc5)c(-c5ccccc5)c5ccc(c2-c2ccccc2)c3c45)cc1. The molecule has 0 saturated heterocycles. The molecule has 0 aromatic heterocycles. The summed E-state index contributed by atoms with van der Waals surface area (Å²) in [6.45, 7) is 0. The Hall–Kier alpha value is -5.20. The average Bonchev–Trinajstić information content (AvgIpc) is 3.04. The smallest absolute Gasteiger partial charge is 0.00199 e. The first kappa shape index (κ1) is 22.8. The van der Waals surface area contributed by atoms with Crippen LogP contribution in [0.4, 0.5) is 0 Å². The summed E-state index contributed by atoms with van der Waals surface area (Å²) < 4.78 is 0. The van der Waals surface area contributed by atoms with Crippen molar-refractivity contribution in [1.29, 1.82) is 0 Å². The van der Waals surface area contributed by atoms with Gasteiger partial charge in [-0.15, -0.1) is 0 Å². The van der Waals surface area contributed by atoms with Crippen molar-refractivity contribution in [3.05, 3.63) is 158 Å². The van der Waals surface area contributed by atoms with Crippen LogP contribution in [0.5, 0.6) is 0 Å². The molecule has 0 saturated carbocycles. The van der Waals surface area contributed by atoms with Crippen molar-refractivity contribution in [2.75, 3.05) is 0 Å². The van der Waals surface area contributed by atoms with Crippen LogP contribution in [-0.4, -0.2) is 0 Å². The Kier molecular flexibility index (Phi) is 5.24. The van der Waals surface area contributed by atoms with Gasteiger partial charge in [-0.3, -0.25) is 0 Å². The predicted molar refractivity (Wildman–Crippen MR) is 172 cm³/mol. The molecule has 0 spiro atoms. The third-order valence-corrected chi connectivity index (χ3v) is 8.20. The lowest BCUT2D eigenvalue weighted by atomic mass is 9.81. The Balaban J connectivity index is 1.55. The second kappa shape index (κ2) is 9.22. The molecule has 0 N–H and O–H groups in total. The first-order valence-corrected chi connectivity index (χ1v) is 13.9. The van der Waals surface area contributed by atoms with E-state index in [1.807, 2.05) is 0 Å². The van der Waals surface area contributed by atoms with Gasteiger partial charge < -0.3 is 0 Å². The Morgan fingerprint density at radius 2 is 0.600 bits per heavy atom. The predicted octanol–water partition coefficient (Wildman–Crippen LogP) is 11.3. The van der Waals surface area contributed by atoms with Gasteiger partial charge in [-0.25, -0.2) is 0 Å². The molecule has 0 amide bonds. The van der Waals surface area contributed by atoms with Crippen molar-refractivity contribution in [2.45, 2.75) is 0 Å². The van der Waals surface area contributed by atoms with Crippen molar-refractivity contribution >= 4 is 32.3 Å². The molecule has 0 aliphatic rings. The molecule has 186 valence electrons. The molecular formula is C40H26. The Morgan fingerprint density at radius 3 is 0.950 bits per heavy atom. The summed E-state index contributed by atoms with van der Waals surface area (Å²) in [5.74, 6) is 0. The second-order valence-corrected chi connectivity index (χ2v) is 10.5. The third-order valence-electron chi connectivity index (χ3n) is 8.20. The minimum Gasteiger partial charge on any atom is -0.0622 e.